The summed E-state index contributed by atoms with van der Waals surface area (Å²) >= 11 is -3.93. The van der Waals surface area contributed by atoms with Gasteiger partial charge in [-0.25, -0.2) is 0 Å². The first-order valence-corrected chi connectivity index (χ1v) is 35.5. The molecule has 0 saturated heterocycles. The standard InChI is InChI=1S/2C26H25.2CH3.2ClH.H2Si.Zr/c2*1-2-13-26(14-15-26)18-19-16-21-9-6-12-24(25(21)17-19)23-11-5-8-20-7-3-4-10-22(20)23;;;;;;/h2*3-12,16-17H,2,13-15,18H2,1H3;2*1H3;2*1H;1H2;. The average molecular weight is 899 g/mol. The van der Waals surface area contributed by atoms with Gasteiger partial charge in [0.2, 0.25) is 0 Å². The van der Waals surface area contributed by atoms with Gasteiger partial charge in [-0.05, 0) is 0 Å². The van der Waals surface area contributed by atoms with E-state index in [-0.39, 0.29) is 24.8 Å². The van der Waals surface area contributed by atoms with Crippen LogP contribution in [0.15, 0.2) is 132 Å². The molecule has 298 valence electrons. The van der Waals surface area contributed by atoms with Crippen LogP contribution in [0.4, 0.5) is 0 Å². The van der Waals surface area contributed by atoms with Crippen LogP contribution in [-0.2, 0) is 17.4 Å². The molecule has 58 heavy (non-hydrogen) atoms. The van der Waals surface area contributed by atoms with E-state index in [1.165, 1.54) is 119 Å². The molecule has 4 aliphatic rings. The van der Waals surface area contributed by atoms with Crippen LogP contribution in [0.5, 0.6) is 0 Å². The first-order valence-electron chi connectivity index (χ1n) is 21.8. The van der Waals surface area contributed by atoms with Crippen LogP contribution in [0.3, 0.4) is 0 Å². The minimum Gasteiger partial charge on any atom is -0.147 e. The Hall–Kier alpha value is -3.00. The van der Waals surface area contributed by atoms with Crippen molar-refractivity contribution in [3.05, 3.63) is 155 Å². The monoisotopic (exact) mass is 896 g/mol. The molecule has 0 radical (unpaired) electrons. The van der Waals surface area contributed by atoms with Crippen molar-refractivity contribution in [1.29, 1.82) is 0 Å². The third kappa shape index (κ3) is 7.01. The van der Waals surface area contributed by atoms with E-state index < -0.39 is 17.4 Å². The van der Waals surface area contributed by atoms with Gasteiger partial charge in [0.25, 0.3) is 0 Å². The van der Waals surface area contributed by atoms with Crippen LogP contribution in [0.25, 0.3) is 56.0 Å². The van der Waals surface area contributed by atoms with E-state index in [9.17, 15) is 0 Å². The Labute approximate surface area is 362 Å². The number of benzene rings is 6. The minimum atomic E-state index is -3.93. The van der Waals surface area contributed by atoms with Gasteiger partial charge in [0.05, 0.1) is 0 Å². The molecule has 10 rings (SSSR count). The molecule has 2 saturated carbocycles. The minimum absolute atomic E-state index is 0. The number of allylic oxidation sites excluding steroid dienone is 2. The van der Waals surface area contributed by atoms with Crippen LogP contribution in [0.2, 0.25) is 9.26 Å². The van der Waals surface area contributed by atoms with Crippen LogP contribution >= 0.6 is 24.8 Å². The third-order valence-electron chi connectivity index (χ3n) is 15.0. The maximum absolute atomic E-state index is 3.93. The predicted octanol–water partition coefficient (Wildman–Crippen LogP) is 16.0. The topological polar surface area (TPSA) is 0 Å². The van der Waals surface area contributed by atoms with E-state index >= 15 is 0 Å². The summed E-state index contributed by atoms with van der Waals surface area (Å²) in [5.41, 5.74) is 16.5. The Morgan fingerprint density at radius 2 is 0.862 bits per heavy atom. The molecule has 0 nitrogen and oxygen atoms in total. The summed E-state index contributed by atoms with van der Waals surface area (Å²) in [7, 11) is 0. The summed E-state index contributed by atoms with van der Waals surface area (Å²) in [6, 6.07) is 46.7. The van der Waals surface area contributed by atoms with Crippen LogP contribution < -0.4 is 0 Å². The molecule has 4 aliphatic carbocycles. The number of hydrogen-bond donors (Lipinski definition) is 0. The molecule has 0 aromatic heterocycles. The van der Waals surface area contributed by atoms with Gasteiger partial charge in [0, 0.05) is 0 Å². The zero-order valence-electron chi connectivity index (χ0n) is 35.0. The number of hydrogen-bond acceptors (Lipinski definition) is 0. The van der Waals surface area contributed by atoms with Gasteiger partial charge >= 0.3 is 340 Å². The fraction of sp³-hybridized carbons (Fsp3) is 0.333. The van der Waals surface area contributed by atoms with E-state index in [0.29, 0.717) is 18.1 Å². The third-order valence-corrected chi connectivity index (χ3v) is 32.5. The Morgan fingerprint density at radius 3 is 1.26 bits per heavy atom. The maximum atomic E-state index is 2.90. The fourth-order valence-electron chi connectivity index (χ4n) is 12.3. The van der Waals surface area contributed by atoms with Gasteiger partial charge in [-0.2, -0.15) is 0 Å². The van der Waals surface area contributed by atoms with Crippen LogP contribution in [0.1, 0.15) is 108 Å². The smallest absolute Gasteiger partial charge is 0.147 e. The molecule has 2 atom stereocenters. The molecule has 6 aromatic carbocycles. The van der Waals surface area contributed by atoms with Gasteiger partial charge in [0.1, 0.15) is 0 Å². The predicted molar refractivity (Wildman–Crippen MR) is 257 cm³/mol. The molecule has 0 amide bonds. The molecular weight excluding hydrogens is 839 g/mol. The molecule has 6 aromatic rings. The Morgan fingerprint density at radius 1 is 0.500 bits per heavy atom. The van der Waals surface area contributed by atoms with E-state index in [0.717, 1.165) is 0 Å². The molecule has 2 unspecified atom stereocenters. The number of rotatable bonds is 12. The van der Waals surface area contributed by atoms with E-state index in [2.05, 4.69) is 163 Å². The number of fused-ring (bicyclic) bond motifs is 4. The molecule has 4 heteroatoms. The molecule has 0 aliphatic heterocycles. The SMILES string of the molecule is CCCC1(CC2=Cc3c(-c4cccc5ccccc45)cccc3[CH]2[Zr]([CH3])([CH3])(=[SiH2])[CH]2C(CC3(CCC)CC3)=Cc3c(-c4cccc5ccccc45)cccc32)CC1.Cl.Cl. The second-order valence-corrected chi connectivity index (χ2v) is 50.2. The van der Waals surface area contributed by atoms with Gasteiger partial charge in [0.15, 0.2) is 0 Å². The maximum Gasteiger partial charge on any atom is -0.147 e. The van der Waals surface area contributed by atoms with E-state index in [4.69, 9.17) is 0 Å². The summed E-state index contributed by atoms with van der Waals surface area (Å²) in [6.07, 6.45) is 18.9. The van der Waals surface area contributed by atoms with Crippen molar-refractivity contribution >= 4 is 65.4 Å². The van der Waals surface area contributed by atoms with Crippen LogP contribution in [-0.4, -0.2) is 6.88 Å². The summed E-state index contributed by atoms with van der Waals surface area (Å²) in [6.45, 7) is 7.38. The summed E-state index contributed by atoms with van der Waals surface area (Å²) in [5, 5.41) is 5.39. The molecule has 2 fully saturated rings. The first-order chi connectivity index (χ1) is 27.1. The van der Waals surface area contributed by atoms with Crippen LogP contribution in [0, 0.1) is 10.8 Å². The van der Waals surface area contributed by atoms with Crippen molar-refractivity contribution in [2.24, 2.45) is 10.8 Å². The fourth-order valence-corrected chi connectivity index (χ4v) is 32.0. The van der Waals surface area contributed by atoms with Gasteiger partial charge in [-0.3, -0.25) is 0 Å². The second kappa shape index (κ2) is 15.5. The van der Waals surface area contributed by atoms with Crippen molar-refractivity contribution in [2.75, 3.05) is 0 Å². The molecule has 0 bridgehead atoms. The van der Waals surface area contributed by atoms with Crippen molar-refractivity contribution < 1.29 is 17.4 Å². The first kappa shape index (κ1) is 41.7. The molecule has 0 spiro atoms. The summed E-state index contributed by atoms with van der Waals surface area (Å²) in [5.74, 6) is 0. The number of halogens is 2. The van der Waals surface area contributed by atoms with Gasteiger partial charge in [-0.1, -0.05) is 0 Å². The van der Waals surface area contributed by atoms with Crippen molar-refractivity contribution in [3.63, 3.8) is 0 Å². The quantitative estimate of drug-likeness (QED) is 0.107. The summed E-state index contributed by atoms with van der Waals surface area (Å²) in [4.78, 5) is 0. The van der Waals surface area contributed by atoms with Gasteiger partial charge in [-0.15, -0.1) is 24.8 Å². The Balaban J connectivity index is 0.00000235. The van der Waals surface area contributed by atoms with Crippen molar-refractivity contribution in [3.8, 4) is 22.3 Å². The Bertz CT molecular complexity index is 2500. The zero-order chi connectivity index (χ0) is 38.3. The van der Waals surface area contributed by atoms with Crippen molar-refractivity contribution in [1.82, 2.24) is 0 Å². The molecule has 0 heterocycles. The van der Waals surface area contributed by atoms with Crippen molar-refractivity contribution in [2.45, 2.75) is 94.6 Å². The normalized spacial score (nSPS) is 19.7. The molecule has 0 N–H and O–H groups in total. The second-order valence-electron chi connectivity index (χ2n) is 19.8. The van der Waals surface area contributed by atoms with Gasteiger partial charge < -0.3 is 0 Å². The average Bonchev–Trinajstić information content (AvgIpc) is 4.05. The largest absolute Gasteiger partial charge is 0.147 e. The van der Waals surface area contributed by atoms with E-state index in [1.54, 1.807) is 22.3 Å². The zero-order valence-corrected chi connectivity index (χ0v) is 40.5. The summed E-state index contributed by atoms with van der Waals surface area (Å²) < 4.78 is 6.84. The van der Waals surface area contributed by atoms with E-state index in [1.807, 2.05) is 0 Å². The Kier molecular flexibility index (Phi) is 11.1. The molecular formula is C54H60Cl2SiZr.